The summed E-state index contributed by atoms with van der Waals surface area (Å²) in [4.78, 5) is 10.4. The minimum absolute atomic E-state index is 0.0171. The molecule has 0 unspecified atom stereocenters. The van der Waals surface area contributed by atoms with Gasteiger partial charge >= 0.3 is 0 Å². The minimum Gasteiger partial charge on any atom is -0.494 e. The molecule has 0 N–H and O–H groups in total. The molecule has 0 saturated carbocycles. The Kier molecular flexibility index (Phi) is 3.42. The number of halogens is 2. The molecule has 70 valence electrons. The van der Waals surface area contributed by atoms with Crippen molar-refractivity contribution in [2.75, 3.05) is 6.61 Å². The molecule has 13 heavy (non-hydrogen) atoms. The second kappa shape index (κ2) is 4.37. The van der Waals surface area contributed by atoms with Crippen molar-refractivity contribution in [2.24, 2.45) is 0 Å². The van der Waals surface area contributed by atoms with Crippen molar-refractivity contribution in [3.8, 4) is 5.75 Å². The van der Waals surface area contributed by atoms with Gasteiger partial charge in [-0.3, -0.25) is 4.79 Å². The van der Waals surface area contributed by atoms with Gasteiger partial charge in [0, 0.05) is 10.5 Å². The zero-order valence-electron chi connectivity index (χ0n) is 7.01. The van der Waals surface area contributed by atoms with Crippen molar-refractivity contribution in [1.29, 1.82) is 0 Å². The smallest absolute Gasteiger partial charge is 0.154 e. The monoisotopic (exact) mass is 246 g/mol. The summed E-state index contributed by atoms with van der Waals surface area (Å²) in [6.45, 7) is 2.27. The van der Waals surface area contributed by atoms with E-state index < -0.39 is 5.82 Å². The second-order valence-corrected chi connectivity index (χ2v) is 3.21. The average Bonchev–Trinajstić information content (AvgIpc) is 2.04. The van der Waals surface area contributed by atoms with Gasteiger partial charge in [0.1, 0.15) is 11.6 Å². The topological polar surface area (TPSA) is 26.3 Å². The lowest BCUT2D eigenvalue weighted by Crippen LogP contribution is -1.95. The first-order valence-electron chi connectivity index (χ1n) is 3.76. The van der Waals surface area contributed by atoms with Crippen LogP contribution >= 0.6 is 15.9 Å². The van der Waals surface area contributed by atoms with Crippen LogP contribution in [0.15, 0.2) is 16.6 Å². The van der Waals surface area contributed by atoms with E-state index in [0.717, 1.165) is 0 Å². The van der Waals surface area contributed by atoms with Crippen molar-refractivity contribution in [1.82, 2.24) is 0 Å². The first-order valence-corrected chi connectivity index (χ1v) is 4.55. The minimum atomic E-state index is -0.576. The molecule has 0 saturated heterocycles. The quantitative estimate of drug-likeness (QED) is 0.767. The fourth-order valence-corrected chi connectivity index (χ4v) is 1.43. The summed E-state index contributed by atoms with van der Waals surface area (Å²) >= 11 is 3.08. The van der Waals surface area contributed by atoms with E-state index in [1.165, 1.54) is 6.07 Å². The van der Waals surface area contributed by atoms with E-state index in [9.17, 15) is 9.18 Å². The van der Waals surface area contributed by atoms with Crippen LogP contribution in [0.4, 0.5) is 4.39 Å². The third-order valence-electron chi connectivity index (χ3n) is 1.48. The van der Waals surface area contributed by atoms with Crippen LogP contribution in [0.25, 0.3) is 0 Å². The molecule has 4 heteroatoms. The lowest BCUT2D eigenvalue weighted by molar-refractivity contribution is 0.111. The van der Waals surface area contributed by atoms with Crippen LogP contribution in [0.2, 0.25) is 0 Å². The summed E-state index contributed by atoms with van der Waals surface area (Å²) in [5.41, 5.74) is 0.0171. The van der Waals surface area contributed by atoms with Gasteiger partial charge in [0.15, 0.2) is 6.29 Å². The largest absolute Gasteiger partial charge is 0.494 e. The van der Waals surface area contributed by atoms with Crippen LogP contribution in [0.5, 0.6) is 5.75 Å². The van der Waals surface area contributed by atoms with Crippen LogP contribution in [0.1, 0.15) is 17.3 Å². The van der Waals surface area contributed by atoms with Crippen LogP contribution in [-0.4, -0.2) is 12.9 Å². The molecule has 0 atom stereocenters. The van der Waals surface area contributed by atoms with E-state index in [1.807, 2.05) is 0 Å². The van der Waals surface area contributed by atoms with E-state index in [0.29, 0.717) is 23.1 Å². The SMILES string of the molecule is CCOc1cc(F)c(C=O)c(Br)c1. The van der Waals surface area contributed by atoms with Crippen molar-refractivity contribution >= 4 is 22.2 Å². The summed E-state index contributed by atoms with van der Waals surface area (Å²) in [5, 5.41) is 0. The predicted molar refractivity (Wildman–Crippen MR) is 50.7 cm³/mol. The zero-order valence-corrected chi connectivity index (χ0v) is 8.60. The fraction of sp³-hybridized carbons (Fsp3) is 0.222. The summed E-state index contributed by atoms with van der Waals surface area (Å²) in [6.07, 6.45) is 0.467. The third-order valence-corrected chi connectivity index (χ3v) is 2.14. The fourth-order valence-electron chi connectivity index (χ4n) is 0.924. The maximum atomic E-state index is 13.1. The number of hydrogen-bond donors (Lipinski definition) is 0. The highest BCUT2D eigenvalue weighted by atomic mass is 79.9. The summed E-state index contributed by atoms with van der Waals surface area (Å²) in [6, 6.07) is 2.76. The Balaban J connectivity index is 3.12. The first kappa shape index (κ1) is 10.2. The van der Waals surface area contributed by atoms with Crippen LogP contribution in [-0.2, 0) is 0 Å². The molecule has 1 aromatic carbocycles. The predicted octanol–water partition coefficient (Wildman–Crippen LogP) is 2.80. The molecule has 2 nitrogen and oxygen atoms in total. The molecule has 0 heterocycles. The molecular weight excluding hydrogens is 239 g/mol. The number of benzene rings is 1. The highest BCUT2D eigenvalue weighted by Gasteiger charge is 2.08. The number of ether oxygens (including phenoxy) is 1. The molecule has 0 aliphatic carbocycles. The highest BCUT2D eigenvalue weighted by molar-refractivity contribution is 9.10. The molecule has 0 aromatic heterocycles. The van der Waals surface area contributed by atoms with Gasteiger partial charge in [0.25, 0.3) is 0 Å². The molecule has 0 spiro atoms. The summed E-state index contributed by atoms with van der Waals surface area (Å²) in [5.74, 6) is -0.162. The van der Waals surface area contributed by atoms with E-state index in [4.69, 9.17) is 4.74 Å². The number of rotatable bonds is 3. The standard InChI is InChI=1S/C9H8BrFO2/c1-2-13-6-3-8(10)7(5-12)9(11)4-6/h3-5H,2H2,1H3. The molecule has 1 aromatic rings. The van der Waals surface area contributed by atoms with E-state index in [-0.39, 0.29) is 5.56 Å². The third kappa shape index (κ3) is 2.28. The lowest BCUT2D eigenvalue weighted by atomic mass is 10.2. The van der Waals surface area contributed by atoms with Crippen molar-refractivity contribution < 1.29 is 13.9 Å². The summed E-state index contributed by atoms with van der Waals surface area (Å²) < 4.78 is 18.6. The van der Waals surface area contributed by atoms with Crippen LogP contribution < -0.4 is 4.74 Å². The maximum Gasteiger partial charge on any atom is 0.154 e. The highest BCUT2D eigenvalue weighted by Crippen LogP contribution is 2.24. The Hall–Kier alpha value is -0.900. The van der Waals surface area contributed by atoms with Gasteiger partial charge < -0.3 is 4.74 Å². The van der Waals surface area contributed by atoms with E-state index in [2.05, 4.69) is 15.9 Å². The lowest BCUT2D eigenvalue weighted by Gasteiger charge is -2.05. The molecule has 1 rings (SSSR count). The average molecular weight is 247 g/mol. The van der Waals surface area contributed by atoms with Gasteiger partial charge in [-0.25, -0.2) is 4.39 Å². The van der Waals surface area contributed by atoms with Crippen molar-refractivity contribution in [3.63, 3.8) is 0 Å². The van der Waals surface area contributed by atoms with Gasteiger partial charge in [0.05, 0.1) is 12.2 Å². The van der Waals surface area contributed by atoms with Crippen LogP contribution in [0.3, 0.4) is 0 Å². The Morgan fingerprint density at radius 2 is 2.31 bits per heavy atom. The molecule has 0 radical (unpaired) electrons. The number of carbonyl (C=O) groups excluding carboxylic acids is 1. The molecule has 0 bridgehead atoms. The molecule has 0 aliphatic heterocycles. The number of aldehydes is 1. The van der Waals surface area contributed by atoms with Crippen molar-refractivity contribution in [3.05, 3.63) is 28.0 Å². The Morgan fingerprint density at radius 1 is 1.62 bits per heavy atom. The first-order chi connectivity index (χ1) is 6.19. The Morgan fingerprint density at radius 3 is 2.77 bits per heavy atom. The van der Waals surface area contributed by atoms with E-state index in [1.54, 1.807) is 13.0 Å². The van der Waals surface area contributed by atoms with Gasteiger partial charge in [-0.05, 0) is 28.9 Å². The van der Waals surface area contributed by atoms with Crippen LogP contribution in [0, 0.1) is 5.82 Å². The normalized spacial score (nSPS) is 9.77. The van der Waals surface area contributed by atoms with E-state index >= 15 is 0 Å². The number of hydrogen-bond acceptors (Lipinski definition) is 2. The Bertz CT molecular complexity index is 302. The van der Waals surface area contributed by atoms with Gasteiger partial charge in [-0.2, -0.15) is 0 Å². The molecule has 0 amide bonds. The molecule has 0 fully saturated rings. The van der Waals surface area contributed by atoms with Gasteiger partial charge in [-0.15, -0.1) is 0 Å². The molecular formula is C9H8BrFO2. The van der Waals surface area contributed by atoms with Crippen molar-refractivity contribution in [2.45, 2.75) is 6.92 Å². The summed E-state index contributed by atoms with van der Waals surface area (Å²) in [7, 11) is 0. The molecule has 0 aliphatic rings. The maximum absolute atomic E-state index is 13.1. The number of carbonyl (C=O) groups is 1. The van der Waals surface area contributed by atoms with Gasteiger partial charge in [0.2, 0.25) is 0 Å². The second-order valence-electron chi connectivity index (χ2n) is 2.35. The Labute approximate surface area is 83.8 Å². The zero-order chi connectivity index (χ0) is 9.84. The van der Waals surface area contributed by atoms with Gasteiger partial charge in [-0.1, -0.05) is 0 Å².